The van der Waals surface area contributed by atoms with Gasteiger partial charge in [0.1, 0.15) is 23.1 Å². The molecule has 6 nitrogen and oxygen atoms in total. The second-order valence-electron chi connectivity index (χ2n) is 5.15. The number of aromatic nitrogens is 2. The second-order valence-corrected chi connectivity index (χ2v) is 6.15. The number of rotatable bonds is 4. The first-order chi connectivity index (χ1) is 11.5. The first-order valence-electron chi connectivity index (χ1n) is 7.07. The van der Waals surface area contributed by atoms with E-state index >= 15 is 0 Å². The Labute approximate surface area is 140 Å². The first kappa shape index (κ1) is 16.3. The quantitative estimate of drug-likeness (QED) is 0.760. The van der Waals surface area contributed by atoms with Gasteiger partial charge < -0.3 is 15.0 Å². The zero-order chi connectivity index (χ0) is 17.3. The van der Waals surface area contributed by atoms with Gasteiger partial charge in [-0.3, -0.25) is 9.59 Å². The highest BCUT2D eigenvalue weighted by Gasteiger charge is 2.19. The number of nitrogens with zero attached hydrogens (tertiary/aromatic N) is 1. The van der Waals surface area contributed by atoms with Crippen molar-refractivity contribution >= 4 is 33.1 Å². The van der Waals surface area contributed by atoms with Crippen molar-refractivity contribution in [3.05, 3.63) is 56.7 Å². The fraction of sp³-hybridized carbons (Fsp3) is 0.188. The second kappa shape index (κ2) is 6.50. The van der Waals surface area contributed by atoms with E-state index in [4.69, 9.17) is 4.74 Å². The fourth-order valence-electron chi connectivity index (χ4n) is 2.36. The largest absolute Gasteiger partial charge is 0.377 e. The molecular formula is C16H14FN3O3S. The Kier molecular flexibility index (Phi) is 4.41. The highest BCUT2D eigenvalue weighted by Crippen LogP contribution is 2.27. The summed E-state index contributed by atoms with van der Waals surface area (Å²) in [6, 6.07) is 5.61. The summed E-state index contributed by atoms with van der Waals surface area (Å²) < 4.78 is 18.2. The van der Waals surface area contributed by atoms with Gasteiger partial charge in [0, 0.05) is 12.8 Å². The number of ether oxygens (including phenoxy) is 1. The Balaban J connectivity index is 2.00. The molecule has 0 aliphatic rings. The third kappa shape index (κ3) is 3.06. The predicted octanol–water partition coefficient (Wildman–Crippen LogP) is 2.83. The van der Waals surface area contributed by atoms with E-state index in [-0.39, 0.29) is 12.2 Å². The number of nitrogens with one attached hydrogen (secondary N) is 2. The summed E-state index contributed by atoms with van der Waals surface area (Å²) in [5.41, 5.74) is 0.575. The van der Waals surface area contributed by atoms with Crippen LogP contribution in [0.15, 0.2) is 29.1 Å². The maximum absolute atomic E-state index is 13.2. The van der Waals surface area contributed by atoms with E-state index in [1.165, 1.54) is 25.3 Å². The third-order valence-electron chi connectivity index (χ3n) is 3.42. The minimum absolute atomic E-state index is 0.174. The van der Waals surface area contributed by atoms with Gasteiger partial charge in [0.25, 0.3) is 11.5 Å². The highest BCUT2D eigenvalue weighted by atomic mass is 32.1. The number of hydrogen-bond donors (Lipinski definition) is 2. The van der Waals surface area contributed by atoms with Gasteiger partial charge in [-0.1, -0.05) is 6.07 Å². The molecule has 2 heterocycles. The zero-order valence-electron chi connectivity index (χ0n) is 13.0. The lowest BCUT2D eigenvalue weighted by Gasteiger charge is -2.04. The number of amides is 1. The number of carbonyl (C=O) groups is 1. The number of aryl methyl sites for hydroxylation is 1. The Hall–Kier alpha value is -2.58. The molecule has 0 atom stereocenters. The van der Waals surface area contributed by atoms with Gasteiger partial charge in [0.15, 0.2) is 0 Å². The summed E-state index contributed by atoms with van der Waals surface area (Å²) in [4.78, 5) is 32.4. The molecule has 2 aromatic heterocycles. The standard InChI is InChI=1S/C16H14FN3O3S/c1-8-12-14(21)19-11(7-23-2)20-16(12)24-13(8)15(22)18-10-5-3-4-9(17)6-10/h3-6H,7H2,1-2H3,(H,18,22)(H,19,20,21). The van der Waals surface area contributed by atoms with E-state index in [9.17, 15) is 14.0 Å². The third-order valence-corrected chi connectivity index (χ3v) is 4.60. The van der Waals surface area contributed by atoms with Gasteiger partial charge in [-0.05, 0) is 30.7 Å². The molecule has 0 spiro atoms. The van der Waals surface area contributed by atoms with Crippen LogP contribution >= 0.6 is 11.3 Å². The fourth-order valence-corrected chi connectivity index (χ4v) is 3.46. The van der Waals surface area contributed by atoms with Crippen molar-refractivity contribution in [2.75, 3.05) is 12.4 Å². The molecule has 8 heteroatoms. The van der Waals surface area contributed by atoms with Crippen LogP contribution in [0.2, 0.25) is 0 Å². The van der Waals surface area contributed by atoms with Crippen molar-refractivity contribution in [3.8, 4) is 0 Å². The van der Waals surface area contributed by atoms with Crippen LogP contribution in [-0.2, 0) is 11.3 Å². The SMILES string of the molecule is COCc1nc2sc(C(=O)Nc3cccc(F)c3)c(C)c2c(=O)[nH]1. The Morgan fingerprint density at radius 1 is 1.46 bits per heavy atom. The normalized spacial score (nSPS) is 11.0. The number of benzene rings is 1. The molecule has 0 radical (unpaired) electrons. The van der Waals surface area contributed by atoms with Gasteiger partial charge in [-0.25, -0.2) is 9.37 Å². The summed E-state index contributed by atoms with van der Waals surface area (Å²) in [6.07, 6.45) is 0. The lowest BCUT2D eigenvalue weighted by molar-refractivity contribution is 0.103. The van der Waals surface area contributed by atoms with Crippen molar-refractivity contribution in [2.45, 2.75) is 13.5 Å². The van der Waals surface area contributed by atoms with Crippen LogP contribution < -0.4 is 10.9 Å². The maximum atomic E-state index is 13.2. The lowest BCUT2D eigenvalue weighted by Crippen LogP contribution is -2.13. The molecular weight excluding hydrogens is 333 g/mol. The van der Waals surface area contributed by atoms with E-state index in [2.05, 4.69) is 15.3 Å². The number of fused-ring (bicyclic) bond motifs is 1. The number of thiophene rings is 1. The molecule has 1 amide bonds. The molecule has 0 saturated heterocycles. The number of H-pyrrole nitrogens is 1. The van der Waals surface area contributed by atoms with Crippen LogP contribution in [0.25, 0.3) is 10.2 Å². The van der Waals surface area contributed by atoms with Gasteiger partial charge in [0.05, 0.1) is 10.3 Å². The Bertz CT molecular complexity index is 980. The van der Waals surface area contributed by atoms with Crippen LogP contribution in [0.3, 0.4) is 0 Å². The molecule has 0 bridgehead atoms. The smallest absolute Gasteiger partial charge is 0.266 e. The number of aromatic amines is 1. The van der Waals surface area contributed by atoms with Crippen molar-refractivity contribution in [2.24, 2.45) is 0 Å². The minimum atomic E-state index is -0.441. The monoisotopic (exact) mass is 347 g/mol. The molecule has 124 valence electrons. The Morgan fingerprint density at radius 3 is 2.96 bits per heavy atom. The molecule has 0 aliphatic carbocycles. The molecule has 0 unspecified atom stereocenters. The molecule has 3 aromatic rings. The van der Waals surface area contributed by atoms with Gasteiger partial charge in [-0.2, -0.15) is 0 Å². The van der Waals surface area contributed by atoms with E-state index in [1.54, 1.807) is 13.0 Å². The van der Waals surface area contributed by atoms with E-state index in [1.807, 2.05) is 0 Å². The minimum Gasteiger partial charge on any atom is -0.377 e. The zero-order valence-corrected chi connectivity index (χ0v) is 13.8. The van der Waals surface area contributed by atoms with Gasteiger partial charge >= 0.3 is 0 Å². The molecule has 0 fully saturated rings. The number of anilines is 1. The number of halogens is 1. The van der Waals surface area contributed by atoms with Crippen molar-refractivity contribution in [3.63, 3.8) is 0 Å². The summed E-state index contributed by atoms with van der Waals surface area (Å²) in [5.74, 6) is -0.453. The summed E-state index contributed by atoms with van der Waals surface area (Å²) in [7, 11) is 1.50. The number of methoxy groups -OCH3 is 1. The molecule has 0 aliphatic heterocycles. The number of carbonyl (C=O) groups excluding carboxylic acids is 1. The summed E-state index contributed by atoms with van der Waals surface area (Å²) in [6.45, 7) is 1.86. The molecule has 2 N–H and O–H groups in total. The summed E-state index contributed by atoms with van der Waals surface area (Å²) in [5, 5.41) is 3.01. The van der Waals surface area contributed by atoms with Crippen LogP contribution in [-0.4, -0.2) is 23.0 Å². The molecule has 0 saturated carbocycles. The number of hydrogen-bond acceptors (Lipinski definition) is 5. The van der Waals surface area contributed by atoms with E-state index in [0.717, 1.165) is 11.3 Å². The van der Waals surface area contributed by atoms with Gasteiger partial charge in [0.2, 0.25) is 0 Å². The van der Waals surface area contributed by atoms with Crippen LogP contribution in [0.4, 0.5) is 10.1 Å². The van der Waals surface area contributed by atoms with Crippen molar-refractivity contribution < 1.29 is 13.9 Å². The summed E-state index contributed by atoms with van der Waals surface area (Å²) >= 11 is 1.12. The average molecular weight is 347 g/mol. The first-order valence-corrected chi connectivity index (χ1v) is 7.89. The van der Waals surface area contributed by atoms with E-state index in [0.29, 0.717) is 32.2 Å². The maximum Gasteiger partial charge on any atom is 0.266 e. The van der Waals surface area contributed by atoms with Crippen molar-refractivity contribution in [1.82, 2.24) is 9.97 Å². The van der Waals surface area contributed by atoms with Crippen LogP contribution in [0, 0.1) is 12.7 Å². The molecule has 3 rings (SSSR count). The van der Waals surface area contributed by atoms with E-state index < -0.39 is 11.7 Å². The highest BCUT2D eigenvalue weighted by molar-refractivity contribution is 7.20. The van der Waals surface area contributed by atoms with Crippen LogP contribution in [0.5, 0.6) is 0 Å². The lowest BCUT2D eigenvalue weighted by atomic mass is 10.2. The molecule has 24 heavy (non-hydrogen) atoms. The topological polar surface area (TPSA) is 84.1 Å². The average Bonchev–Trinajstić information content (AvgIpc) is 2.85. The Morgan fingerprint density at radius 2 is 2.25 bits per heavy atom. The predicted molar refractivity (Wildman–Crippen MR) is 90.0 cm³/mol. The van der Waals surface area contributed by atoms with Gasteiger partial charge in [-0.15, -0.1) is 11.3 Å². The molecule has 1 aromatic carbocycles. The van der Waals surface area contributed by atoms with Crippen LogP contribution in [0.1, 0.15) is 21.1 Å². The van der Waals surface area contributed by atoms with Crippen molar-refractivity contribution in [1.29, 1.82) is 0 Å².